The number of hydrogen-bond donors (Lipinski definition) is 1. The Balaban J connectivity index is 4.70. The van der Waals surface area contributed by atoms with E-state index in [0.29, 0.717) is 0 Å². The minimum absolute atomic E-state index is 0.149. The molecule has 0 aromatic rings. The van der Waals surface area contributed by atoms with Gasteiger partial charge in [0.1, 0.15) is 12.2 Å². The number of nitrogens with one attached hydrogen (secondary N) is 1. The molecule has 0 aromatic carbocycles. The number of alkyl carbamates (subject to hydrolysis) is 1. The number of hydrogen-bond acceptors (Lipinski definition) is 7. The Kier molecular flexibility index (Phi) is 9.87. The molecule has 1 atom stereocenters. The van der Waals surface area contributed by atoms with Gasteiger partial charge in [0.2, 0.25) is 5.53 Å². The van der Waals surface area contributed by atoms with Crippen LogP contribution < -0.4 is 5.32 Å². The minimum Gasteiger partial charge on any atom is -0.444 e. The molecular weight excluding hydrogens is 349 g/mol. The van der Waals surface area contributed by atoms with Gasteiger partial charge in [-0.05, 0) is 41.5 Å². The molecule has 8 nitrogen and oxygen atoms in total. The van der Waals surface area contributed by atoms with E-state index in [4.69, 9.17) is 18.7 Å². The second-order valence-electron chi connectivity index (χ2n) is 6.42. The summed E-state index contributed by atoms with van der Waals surface area (Å²) in [6.07, 6.45) is -0.552. The molecule has 0 saturated heterocycles. The molecule has 1 amide bonds. The normalized spacial score (nSPS) is 14.7. The van der Waals surface area contributed by atoms with Crippen molar-refractivity contribution in [2.24, 2.45) is 0 Å². The van der Waals surface area contributed by atoms with Crippen LogP contribution in [0.5, 0.6) is 0 Å². The van der Waals surface area contributed by atoms with E-state index < -0.39 is 37.0 Å². The van der Waals surface area contributed by atoms with E-state index in [9.17, 15) is 14.2 Å². The average Bonchev–Trinajstić information content (AvgIpc) is 2.49. The molecule has 1 unspecified atom stereocenters. The number of rotatable bonds is 11. The van der Waals surface area contributed by atoms with Crippen LogP contribution in [0, 0.1) is 0 Å². The van der Waals surface area contributed by atoms with Gasteiger partial charge in [0.15, 0.2) is 5.78 Å². The third-order valence-electron chi connectivity index (χ3n) is 3.12. The molecule has 0 aliphatic heterocycles. The van der Waals surface area contributed by atoms with E-state index >= 15 is 0 Å². The van der Waals surface area contributed by atoms with Crippen LogP contribution in [0.4, 0.5) is 4.79 Å². The van der Waals surface area contributed by atoms with E-state index in [1.54, 1.807) is 48.5 Å². The number of Topliss-reactive ketones (excluding diaryl/α,β-unsaturated/α-hetero) is 1. The molecule has 9 heteroatoms. The van der Waals surface area contributed by atoms with Gasteiger partial charge in [0.25, 0.3) is 7.37 Å². The summed E-state index contributed by atoms with van der Waals surface area (Å²) in [7, 11) is -3.40. The SMILES string of the molecule is CCOC(C)(OCC)P(=O)(CC)OCC(=O)CNC(=O)OC(C)(C)C. The first kappa shape index (κ1) is 24.1. The fourth-order valence-electron chi connectivity index (χ4n) is 1.98. The highest BCUT2D eigenvalue weighted by atomic mass is 31.2. The highest BCUT2D eigenvalue weighted by Crippen LogP contribution is 2.59. The Morgan fingerprint density at radius 3 is 1.92 bits per heavy atom. The smallest absolute Gasteiger partial charge is 0.408 e. The molecule has 0 fully saturated rings. The Hall–Kier alpha value is -0.950. The Morgan fingerprint density at radius 2 is 1.52 bits per heavy atom. The Bertz CT molecular complexity index is 481. The lowest BCUT2D eigenvalue weighted by Crippen LogP contribution is -2.37. The van der Waals surface area contributed by atoms with E-state index in [2.05, 4.69) is 5.32 Å². The monoisotopic (exact) mass is 381 g/mol. The van der Waals surface area contributed by atoms with Crippen LogP contribution in [0.25, 0.3) is 0 Å². The summed E-state index contributed by atoms with van der Waals surface area (Å²) >= 11 is 0. The summed E-state index contributed by atoms with van der Waals surface area (Å²) in [5, 5.41) is 2.34. The van der Waals surface area contributed by atoms with Gasteiger partial charge in [-0.1, -0.05) is 6.92 Å². The molecule has 0 radical (unpaired) electrons. The maximum Gasteiger partial charge on any atom is 0.408 e. The third kappa shape index (κ3) is 8.31. The molecule has 1 N–H and O–H groups in total. The minimum atomic E-state index is -3.40. The number of amides is 1. The van der Waals surface area contributed by atoms with Crippen LogP contribution in [-0.2, 0) is 28.1 Å². The van der Waals surface area contributed by atoms with Crippen molar-refractivity contribution in [3.8, 4) is 0 Å². The molecule has 0 heterocycles. The fraction of sp³-hybridized carbons (Fsp3) is 0.875. The third-order valence-corrected chi connectivity index (χ3v) is 6.00. The molecular formula is C16H32NO7P. The molecule has 0 rings (SSSR count). The predicted octanol–water partition coefficient (Wildman–Crippen LogP) is 3.14. The van der Waals surface area contributed by atoms with Crippen molar-refractivity contribution in [3.63, 3.8) is 0 Å². The number of carbonyl (C=O) groups excluding carboxylic acids is 2. The zero-order valence-electron chi connectivity index (χ0n) is 16.3. The van der Waals surface area contributed by atoms with E-state index in [1.807, 2.05) is 0 Å². The van der Waals surface area contributed by atoms with Crippen LogP contribution in [0.2, 0.25) is 0 Å². The van der Waals surface area contributed by atoms with E-state index in [1.165, 1.54) is 0 Å². The molecule has 0 aromatic heterocycles. The lowest BCUT2D eigenvalue weighted by molar-refractivity contribution is -0.168. The molecule has 0 spiro atoms. The summed E-state index contributed by atoms with van der Waals surface area (Å²) in [6.45, 7) is 11.8. The Morgan fingerprint density at radius 1 is 1.00 bits per heavy atom. The molecule has 0 aliphatic rings. The van der Waals surface area contributed by atoms with Gasteiger partial charge >= 0.3 is 6.09 Å². The van der Waals surface area contributed by atoms with Crippen LogP contribution in [0.15, 0.2) is 0 Å². The van der Waals surface area contributed by atoms with Gasteiger partial charge in [-0.25, -0.2) is 4.79 Å². The van der Waals surface area contributed by atoms with Crippen molar-refractivity contribution in [2.45, 2.75) is 59.6 Å². The van der Waals surface area contributed by atoms with Crippen molar-refractivity contribution in [2.75, 3.05) is 32.5 Å². The van der Waals surface area contributed by atoms with Gasteiger partial charge in [-0.2, -0.15) is 0 Å². The zero-order chi connectivity index (χ0) is 19.7. The van der Waals surface area contributed by atoms with E-state index in [-0.39, 0.29) is 25.9 Å². The summed E-state index contributed by atoms with van der Waals surface area (Å²) in [4.78, 5) is 23.4. The highest BCUT2D eigenvalue weighted by Gasteiger charge is 2.47. The average molecular weight is 381 g/mol. The zero-order valence-corrected chi connectivity index (χ0v) is 17.2. The second kappa shape index (κ2) is 10.3. The molecule has 0 bridgehead atoms. The lowest BCUT2D eigenvalue weighted by Gasteiger charge is -2.35. The molecule has 148 valence electrons. The van der Waals surface area contributed by atoms with Crippen LogP contribution >= 0.6 is 7.37 Å². The maximum absolute atomic E-state index is 13.1. The largest absolute Gasteiger partial charge is 0.444 e. The first-order valence-electron chi connectivity index (χ1n) is 8.43. The highest BCUT2D eigenvalue weighted by molar-refractivity contribution is 7.60. The number of carbonyl (C=O) groups is 2. The van der Waals surface area contributed by atoms with Crippen molar-refractivity contribution in [1.82, 2.24) is 5.32 Å². The van der Waals surface area contributed by atoms with Crippen molar-refractivity contribution >= 4 is 19.2 Å². The Labute approximate surface area is 150 Å². The standard InChI is InChI=1S/C16H32NO7P/c1-8-21-16(7,22-9-2)25(20,10-3)23-12-13(18)11-17-14(19)24-15(4,5)6/h8-12H2,1-7H3,(H,17,19). The molecule has 0 saturated carbocycles. The second-order valence-corrected chi connectivity index (χ2v) is 9.47. The van der Waals surface area contributed by atoms with Gasteiger partial charge in [-0.3, -0.25) is 9.36 Å². The molecule has 25 heavy (non-hydrogen) atoms. The van der Waals surface area contributed by atoms with E-state index in [0.717, 1.165) is 0 Å². The summed E-state index contributed by atoms with van der Waals surface area (Å²) in [6, 6.07) is 0. The number of ether oxygens (including phenoxy) is 3. The topological polar surface area (TPSA) is 100 Å². The van der Waals surface area contributed by atoms with Crippen molar-refractivity contribution < 1.29 is 32.9 Å². The van der Waals surface area contributed by atoms with Crippen LogP contribution in [0.1, 0.15) is 48.5 Å². The van der Waals surface area contributed by atoms with Gasteiger partial charge < -0.3 is 24.1 Å². The summed E-state index contributed by atoms with van der Waals surface area (Å²) < 4.78 is 34.5. The van der Waals surface area contributed by atoms with Gasteiger partial charge in [0, 0.05) is 19.4 Å². The lowest BCUT2D eigenvalue weighted by atomic mass is 10.2. The van der Waals surface area contributed by atoms with Crippen molar-refractivity contribution in [1.29, 1.82) is 0 Å². The first-order chi connectivity index (χ1) is 11.4. The predicted molar refractivity (Wildman–Crippen MR) is 95.0 cm³/mol. The maximum atomic E-state index is 13.1. The molecule has 0 aliphatic carbocycles. The summed E-state index contributed by atoms with van der Waals surface area (Å²) in [5.74, 6) is -0.435. The van der Waals surface area contributed by atoms with Crippen LogP contribution in [-0.4, -0.2) is 55.5 Å². The number of ketones is 1. The summed E-state index contributed by atoms with van der Waals surface area (Å²) in [5.41, 5.74) is -2.07. The first-order valence-corrected chi connectivity index (χ1v) is 10.2. The van der Waals surface area contributed by atoms with Crippen molar-refractivity contribution in [3.05, 3.63) is 0 Å². The van der Waals surface area contributed by atoms with Crippen LogP contribution in [0.3, 0.4) is 0 Å². The van der Waals surface area contributed by atoms with Gasteiger partial charge in [0.05, 0.1) is 6.54 Å². The quantitative estimate of drug-likeness (QED) is 0.433. The fourth-order valence-corrected chi connectivity index (χ4v) is 3.98. The van der Waals surface area contributed by atoms with Gasteiger partial charge in [-0.15, -0.1) is 0 Å².